The Labute approximate surface area is 113 Å². The predicted octanol–water partition coefficient (Wildman–Crippen LogP) is 3.28. The van der Waals surface area contributed by atoms with Crippen LogP contribution in [0, 0.1) is 0 Å². The number of hydrogen-bond acceptors (Lipinski definition) is 3. The molecule has 1 heterocycles. The third kappa shape index (κ3) is 2.88. The van der Waals surface area contributed by atoms with Gasteiger partial charge in [-0.3, -0.25) is 0 Å². The molecule has 0 unspecified atom stereocenters. The number of aromatic nitrogens is 2. The van der Waals surface area contributed by atoms with E-state index in [0.29, 0.717) is 12.4 Å². The quantitative estimate of drug-likeness (QED) is 0.766. The van der Waals surface area contributed by atoms with Crippen molar-refractivity contribution < 1.29 is 4.74 Å². The van der Waals surface area contributed by atoms with Crippen molar-refractivity contribution in [2.45, 2.75) is 6.42 Å². The molecule has 0 aliphatic carbocycles. The fraction of sp³-hybridized carbons (Fsp3) is 0.125. The van der Waals surface area contributed by atoms with E-state index < -0.39 is 0 Å². The van der Waals surface area contributed by atoms with Crippen LogP contribution in [0.3, 0.4) is 0 Å². The summed E-state index contributed by atoms with van der Waals surface area (Å²) in [6, 6.07) is 10.3. The Balaban J connectivity index is 2.47. The van der Waals surface area contributed by atoms with E-state index in [1.165, 1.54) is 0 Å². The highest BCUT2D eigenvalue weighted by atomic mass is 16.5. The van der Waals surface area contributed by atoms with E-state index >= 15 is 0 Å². The summed E-state index contributed by atoms with van der Waals surface area (Å²) in [5.41, 5.74) is 3.69. The molecule has 0 aliphatic heterocycles. The van der Waals surface area contributed by atoms with Gasteiger partial charge in [0.25, 0.3) is 0 Å². The Bertz CT molecular complexity index is 591. The van der Waals surface area contributed by atoms with Crippen molar-refractivity contribution in [3.05, 3.63) is 72.6 Å². The lowest BCUT2D eigenvalue weighted by Crippen LogP contribution is -2.02. The zero-order valence-electron chi connectivity index (χ0n) is 11.0. The summed E-state index contributed by atoms with van der Waals surface area (Å²) < 4.78 is 5.08. The monoisotopic (exact) mass is 252 g/mol. The molecule has 0 radical (unpaired) electrons. The minimum Gasteiger partial charge on any atom is -0.467 e. The molecule has 0 amide bonds. The number of nitrogens with zero attached hydrogens (tertiary/aromatic N) is 2. The maximum atomic E-state index is 5.08. The fourth-order valence-corrected chi connectivity index (χ4v) is 1.83. The predicted molar refractivity (Wildman–Crippen MR) is 77.1 cm³/mol. The zero-order valence-corrected chi connectivity index (χ0v) is 11.0. The van der Waals surface area contributed by atoms with E-state index in [1.807, 2.05) is 36.4 Å². The number of ether oxygens (including phenoxy) is 1. The topological polar surface area (TPSA) is 35.0 Å². The third-order valence-corrected chi connectivity index (χ3v) is 2.80. The normalized spacial score (nSPS) is 9.95. The summed E-state index contributed by atoms with van der Waals surface area (Å²) in [6.07, 6.45) is 4.29. The van der Waals surface area contributed by atoms with Crippen molar-refractivity contribution in [3.8, 4) is 6.01 Å². The summed E-state index contributed by atoms with van der Waals surface area (Å²) in [6.45, 7) is 7.89. The van der Waals surface area contributed by atoms with E-state index in [-0.39, 0.29) is 0 Å². The average molecular weight is 252 g/mol. The van der Waals surface area contributed by atoms with Crippen LogP contribution in [0.2, 0.25) is 0 Å². The van der Waals surface area contributed by atoms with Gasteiger partial charge in [-0.25, -0.2) is 4.98 Å². The van der Waals surface area contributed by atoms with Crippen LogP contribution in [-0.4, -0.2) is 17.1 Å². The molecule has 0 atom stereocenters. The number of benzene rings is 1. The van der Waals surface area contributed by atoms with Gasteiger partial charge in [0.2, 0.25) is 0 Å². The molecule has 0 saturated heterocycles. The molecule has 2 rings (SSSR count). The highest BCUT2D eigenvalue weighted by Gasteiger charge is 2.11. The van der Waals surface area contributed by atoms with Crippen molar-refractivity contribution in [2.75, 3.05) is 7.11 Å². The Morgan fingerprint density at radius 3 is 2.68 bits per heavy atom. The molecule has 96 valence electrons. The van der Waals surface area contributed by atoms with Gasteiger partial charge in [0.15, 0.2) is 0 Å². The van der Waals surface area contributed by atoms with Gasteiger partial charge in [-0.2, -0.15) is 4.98 Å². The van der Waals surface area contributed by atoms with Gasteiger partial charge >= 0.3 is 6.01 Å². The van der Waals surface area contributed by atoms with Crippen LogP contribution in [0.1, 0.15) is 16.8 Å². The number of hydrogen-bond donors (Lipinski definition) is 0. The molecular weight excluding hydrogens is 236 g/mol. The largest absolute Gasteiger partial charge is 0.467 e. The van der Waals surface area contributed by atoms with Gasteiger partial charge in [0.1, 0.15) is 0 Å². The van der Waals surface area contributed by atoms with Crippen LogP contribution >= 0.6 is 0 Å². The molecule has 0 aliphatic rings. The summed E-state index contributed by atoms with van der Waals surface area (Å²) in [5, 5.41) is 0. The molecule has 0 spiro atoms. The summed E-state index contributed by atoms with van der Waals surface area (Å²) in [7, 11) is 1.55. The van der Waals surface area contributed by atoms with Crippen molar-refractivity contribution in [1.29, 1.82) is 0 Å². The Kier molecular flexibility index (Phi) is 4.08. The molecule has 0 saturated carbocycles. The molecule has 0 bridgehead atoms. The van der Waals surface area contributed by atoms with Gasteiger partial charge in [-0.1, -0.05) is 43.0 Å². The number of methoxy groups -OCH3 is 1. The second kappa shape index (κ2) is 5.96. The highest BCUT2D eigenvalue weighted by Crippen LogP contribution is 2.24. The Morgan fingerprint density at radius 2 is 2.05 bits per heavy atom. The summed E-state index contributed by atoms with van der Waals surface area (Å²) in [5.74, 6) is 0. The molecule has 2 aromatic rings. The Morgan fingerprint density at radius 1 is 1.32 bits per heavy atom. The van der Waals surface area contributed by atoms with Crippen LogP contribution in [0.25, 0.3) is 5.57 Å². The lowest BCUT2D eigenvalue weighted by molar-refractivity contribution is 0.379. The molecule has 0 fully saturated rings. The first-order chi connectivity index (χ1) is 9.26. The SMILES string of the molecule is C=CCc1cnc(OC)nc1C(=C)c1ccccc1. The average Bonchev–Trinajstić information content (AvgIpc) is 2.48. The van der Waals surface area contributed by atoms with E-state index in [1.54, 1.807) is 13.3 Å². The van der Waals surface area contributed by atoms with E-state index in [0.717, 1.165) is 22.4 Å². The van der Waals surface area contributed by atoms with Crippen molar-refractivity contribution in [2.24, 2.45) is 0 Å². The summed E-state index contributed by atoms with van der Waals surface area (Å²) >= 11 is 0. The second-order valence-electron chi connectivity index (χ2n) is 4.07. The lowest BCUT2D eigenvalue weighted by Gasteiger charge is -2.11. The molecule has 1 aromatic carbocycles. The van der Waals surface area contributed by atoms with Crippen LogP contribution in [-0.2, 0) is 6.42 Å². The smallest absolute Gasteiger partial charge is 0.316 e. The molecule has 3 nitrogen and oxygen atoms in total. The van der Waals surface area contributed by atoms with Crippen LogP contribution in [0.4, 0.5) is 0 Å². The van der Waals surface area contributed by atoms with E-state index in [2.05, 4.69) is 23.1 Å². The number of allylic oxidation sites excluding steroid dienone is 1. The van der Waals surface area contributed by atoms with Crippen LogP contribution in [0.5, 0.6) is 6.01 Å². The van der Waals surface area contributed by atoms with Gasteiger partial charge in [0, 0.05) is 17.3 Å². The fourth-order valence-electron chi connectivity index (χ4n) is 1.83. The first-order valence-corrected chi connectivity index (χ1v) is 6.01. The Hall–Kier alpha value is -2.42. The maximum Gasteiger partial charge on any atom is 0.316 e. The lowest BCUT2D eigenvalue weighted by atomic mass is 10.00. The first-order valence-electron chi connectivity index (χ1n) is 6.01. The zero-order chi connectivity index (χ0) is 13.7. The molecule has 3 heteroatoms. The van der Waals surface area contributed by atoms with Crippen LogP contribution < -0.4 is 4.74 Å². The number of rotatable bonds is 5. The second-order valence-corrected chi connectivity index (χ2v) is 4.07. The molecule has 1 aromatic heterocycles. The van der Waals surface area contributed by atoms with E-state index in [9.17, 15) is 0 Å². The van der Waals surface area contributed by atoms with Gasteiger partial charge in [-0.15, -0.1) is 6.58 Å². The molecular formula is C16H16N2O. The first kappa shape index (κ1) is 13.0. The van der Waals surface area contributed by atoms with Gasteiger partial charge < -0.3 is 4.74 Å². The van der Waals surface area contributed by atoms with Crippen molar-refractivity contribution in [1.82, 2.24) is 9.97 Å². The minimum absolute atomic E-state index is 0.347. The molecule has 0 N–H and O–H groups in total. The van der Waals surface area contributed by atoms with E-state index in [4.69, 9.17) is 4.74 Å². The van der Waals surface area contributed by atoms with Gasteiger partial charge in [0.05, 0.1) is 12.8 Å². The maximum absolute atomic E-state index is 5.08. The molecule has 19 heavy (non-hydrogen) atoms. The van der Waals surface area contributed by atoms with Gasteiger partial charge in [-0.05, 0) is 12.0 Å². The summed E-state index contributed by atoms with van der Waals surface area (Å²) in [4.78, 5) is 8.54. The standard InChI is InChI=1S/C16H16N2O/c1-4-8-14-11-17-16(19-3)18-15(14)12(2)13-9-6-5-7-10-13/h4-7,9-11H,1-2,8H2,3H3. The van der Waals surface area contributed by atoms with Crippen LogP contribution in [0.15, 0.2) is 55.8 Å². The third-order valence-electron chi connectivity index (χ3n) is 2.80. The highest BCUT2D eigenvalue weighted by molar-refractivity contribution is 5.77. The van der Waals surface area contributed by atoms with Crippen molar-refractivity contribution >= 4 is 5.57 Å². The van der Waals surface area contributed by atoms with Crippen molar-refractivity contribution in [3.63, 3.8) is 0 Å². The minimum atomic E-state index is 0.347.